The normalized spacial score (nSPS) is 24.4. The largest absolute Gasteiger partial charge is 0.366 e. The van der Waals surface area contributed by atoms with E-state index in [1.807, 2.05) is 0 Å². The molecule has 0 aliphatic heterocycles. The molecule has 0 unspecified atom stereocenters. The molecule has 0 saturated heterocycles. The van der Waals surface area contributed by atoms with Gasteiger partial charge in [0.05, 0.1) is 0 Å². The lowest BCUT2D eigenvalue weighted by atomic mass is 10.0. The SMILES string of the molecule is CC1(C)C(Nc2ncnc3c2CCCCC3)C1(C)C. The van der Waals surface area contributed by atoms with E-state index in [4.69, 9.17) is 0 Å². The monoisotopic (exact) mass is 259 g/mol. The minimum atomic E-state index is 0.343. The van der Waals surface area contributed by atoms with Gasteiger partial charge in [0.25, 0.3) is 0 Å². The molecule has 0 radical (unpaired) electrons. The van der Waals surface area contributed by atoms with Gasteiger partial charge in [0.2, 0.25) is 0 Å². The first-order valence-electron chi connectivity index (χ1n) is 7.54. The highest BCUT2D eigenvalue weighted by molar-refractivity contribution is 5.50. The Kier molecular flexibility index (Phi) is 2.84. The predicted octanol–water partition coefficient (Wildman–Crippen LogP) is 3.59. The van der Waals surface area contributed by atoms with E-state index in [1.165, 1.54) is 30.5 Å². The van der Waals surface area contributed by atoms with Gasteiger partial charge in [-0.2, -0.15) is 0 Å². The average molecular weight is 259 g/mol. The van der Waals surface area contributed by atoms with Crippen LogP contribution in [0.25, 0.3) is 0 Å². The number of anilines is 1. The summed E-state index contributed by atoms with van der Waals surface area (Å²) in [6.45, 7) is 9.35. The summed E-state index contributed by atoms with van der Waals surface area (Å²) >= 11 is 0. The van der Waals surface area contributed by atoms with Crippen LogP contribution in [0.3, 0.4) is 0 Å². The Bertz CT molecular complexity index is 477. The molecule has 3 heteroatoms. The van der Waals surface area contributed by atoms with E-state index in [9.17, 15) is 0 Å². The third-order valence-electron chi connectivity index (χ3n) is 5.68. The number of aryl methyl sites for hydroxylation is 1. The molecule has 1 fully saturated rings. The number of nitrogens with zero attached hydrogens (tertiary/aromatic N) is 2. The van der Waals surface area contributed by atoms with Crippen molar-refractivity contribution < 1.29 is 0 Å². The van der Waals surface area contributed by atoms with Crippen molar-refractivity contribution in [3.05, 3.63) is 17.6 Å². The lowest BCUT2D eigenvalue weighted by Crippen LogP contribution is -2.14. The summed E-state index contributed by atoms with van der Waals surface area (Å²) in [7, 11) is 0. The van der Waals surface area contributed by atoms with E-state index in [2.05, 4.69) is 43.0 Å². The lowest BCUT2D eigenvalue weighted by molar-refractivity contribution is 0.457. The molecule has 0 aromatic carbocycles. The van der Waals surface area contributed by atoms with Crippen molar-refractivity contribution in [2.24, 2.45) is 10.8 Å². The maximum atomic E-state index is 4.52. The van der Waals surface area contributed by atoms with E-state index in [-0.39, 0.29) is 0 Å². The molecule has 0 amide bonds. The molecule has 1 aromatic rings. The van der Waals surface area contributed by atoms with E-state index >= 15 is 0 Å². The Balaban J connectivity index is 1.87. The van der Waals surface area contributed by atoms with Crippen LogP contribution in [0.15, 0.2) is 6.33 Å². The fourth-order valence-electron chi connectivity index (χ4n) is 3.52. The van der Waals surface area contributed by atoms with Gasteiger partial charge in [0, 0.05) is 17.3 Å². The highest BCUT2D eigenvalue weighted by Gasteiger charge is 2.65. The molecular formula is C16H25N3. The number of fused-ring (bicyclic) bond motifs is 1. The fourth-order valence-corrected chi connectivity index (χ4v) is 3.52. The average Bonchev–Trinajstić information content (AvgIpc) is 2.87. The second-order valence-electron chi connectivity index (χ2n) is 7.23. The van der Waals surface area contributed by atoms with Gasteiger partial charge in [-0.05, 0) is 36.5 Å². The second kappa shape index (κ2) is 4.19. The summed E-state index contributed by atoms with van der Waals surface area (Å²) in [6, 6.07) is 0.516. The first-order valence-corrected chi connectivity index (χ1v) is 7.54. The summed E-state index contributed by atoms with van der Waals surface area (Å²) in [5, 5.41) is 3.70. The van der Waals surface area contributed by atoms with Crippen molar-refractivity contribution in [2.45, 2.75) is 65.8 Å². The van der Waals surface area contributed by atoms with E-state index in [1.54, 1.807) is 6.33 Å². The maximum Gasteiger partial charge on any atom is 0.133 e. The van der Waals surface area contributed by atoms with Crippen molar-refractivity contribution in [2.75, 3.05) is 5.32 Å². The summed E-state index contributed by atoms with van der Waals surface area (Å²) in [6.07, 6.45) is 7.83. The Morgan fingerprint density at radius 1 is 1.00 bits per heavy atom. The standard InChI is InChI=1S/C16H25N3/c1-15(2)14(16(15,3)4)19-13-11-8-6-5-7-9-12(11)17-10-18-13/h10,14H,5-9H2,1-4H3,(H,17,18,19). The number of aromatic nitrogens is 2. The molecule has 2 aliphatic rings. The Labute approximate surface area is 116 Å². The van der Waals surface area contributed by atoms with Crippen molar-refractivity contribution in [3.63, 3.8) is 0 Å². The van der Waals surface area contributed by atoms with Crippen LogP contribution in [0.5, 0.6) is 0 Å². The Morgan fingerprint density at radius 2 is 1.68 bits per heavy atom. The van der Waals surface area contributed by atoms with Crippen LogP contribution < -0.4 is 5.32 Å². The summed E-state index contributed by atoms with van der Waals surface area (Å²) < 4.78 is 0. The van der Waals surface area contributed by atoms with Gasteiger partial charge in [-0.25, -0.2) is 9.97 Å². The van der Waals surface area contributed by atoms with Crippen LogP contribution in [-0.4, -0.2) is 16.0 Å². The summed E-state index contributed by atoms with van der Waals surface area (Å²) in [5.74, 6) is 1.09. The van der Waals surface area contributed by atoms with Crippen LogP contribution in [0.2, 0.25) is 0 Å². The number of hydrogen-bond donors (Lipinski definition) is 1. The molecule has 1 heterocycles. The number of hydrogen-bond acceptors (Lipinski definition) is 3. The molecule has 1 aromatic heterocycles. The van der Waals surface area contributed by atoms with Crippen LogP contribution in [0.4, 0.5) is 5.82 Å². The molecular weight excluding hydrogens is 234 g/mol. The third-order valence-corrected chi connectivity index (χ3v) is 5.68. The molecule has 1 N–H and O–H groups in total. The van der Waals surface area contributed by atoms with Gasteiger partial charge in [0.1, 0.15) is 12.1 Å². The molecule has 1 saturated carbocycles. The van der Waals surface area contributed by atoms with Crippen LogP contribution in [0.1, 0.15) is 58.2 Å². The molecule has 19 heavy (non-hydrogen) atoms. The van der Waals surface area contributed by atoms with E-state index in [0.717, 1.165) is 18.7 Å². The third kappa shape index (κ3) is 1.94. The minimum Gasteiger partial charge on any atom is -0.366 e. The van der Waals surface area contributed by atoms with Crippen LogP contribution >= 0.6 is 0 Å². The zero-order chi connectivity index (χ0) is 13.7. The smallest absolute Gasteiger partial charge is 0.133 e. The van der Waals surface area contributed by atoms with Crippen molar-refractivity contribution >= 4 is 5.82 Å². The highest BCUT2D eigenvalue weighted by atomic mass is 15.1. The fraction of sp³-hybridized carbons (Fsp3) is 0.750. The van der Waals surface area contributed by atoms with Gasteiger partial charge >= 0.3 is 0 Å². The highest BCUT2D eigenvalue weighted by Crippen LogP contribution is 2.63. The van der Waals surface area contributed by atoms with Crippen molar-refractivity contribution in [3.8, 4) is 0 Å². The van der Waals surface area contributed by atoms with Gasteiger partial charge in [-0.3, -0.25) is 0 Å². The second-order valence-corrected chi connectivity index (χ2v) is 7.23. The molecule has 104 valence electrons. The zero-order valence-corrected chi connectivity index (χ0v) is 12.6. The quantitative estimate of drug-likeness (QED) is 0.825. The first kappa shape index (κ1) is 12.9. The predicted molar refractivity (Wildman–Crippen MR) is 78.3 cm³/mol. The molecule has 0 atom stereocenters. The minimum absolute atomic E-state index is 0.343. The van der Waals surface area contributed by atoms with Gasteiger partial charge in [0.15, 0.2) is 0 Å². The molecule has 2 aliphatic carbocycles. The van der Waals surface area contributed by atoms with Crippen molar-refractivity contribution in [1.82, 2.24) is 9.97 Å². The summed E-state index contributed by atoms with van der Waals surface area (Å²) in [5.41, 5.74) is 3.33. The zero-order valence-electron chi connectivity index (χ0n) is 12.6. The van der Waals surface area contributed by atoms with Gasteiger partial charge in [-0.15, -0.1) is 0 Å². The molecule has 3 nitrogen and oxygen atoms in total. The molecule has 0 spiro atoms. The lowest BCUT2D eigenvalue weighted by Gasteiger charge is -2.13. The number of nitrogens with one attached hydrogen (secondary N) is 1. The van der Waals surface area contributed by atoms with Crippen LogP contribution in [0, 0.1) is 10.8 Å². The van der Waals surface area contributed by atoms with Gasteiger partial charge < -0.3 is 5.32 Å². The van der Waals surface area contributed by atoms with Gasteiger partial charge in [-0.1, -0.05) is 34.1 Å². The summed E-state index contributed by atoms with van der Waals surface area (Å²) in [4.78, 5) is 9.01. The maximum absolute atomic E-state index is 4.52. The Hall–Kier alpha value is -1.12. The number of rotatable bonds is 2. The Morgan fingerprint density at radius 3 is 2.37 bits per heavy atom. The van der Waals surface area contributed by atoms with Crippen LogP contribution in [-0.2, 0) is 12.8 Å². The van der Waals surface area contributed by atoms with E-state index in [0.29, 0.717) is 16.9 Å². The molecule has 3 rings (SSSR count). The van der Waals surface area contributed by atoms with Crippen molar-refractivity contribution in [1.29, 1.82) is 0 Å². The topological polar surface area (TPSA) is 37.8 Å². The first-order chi connectivity index (χ1) is 8.94. The molecule has 0 bridgehead atoms. The van der Waals surface area contributed by atoms with E-state index < -0.39 is 0 Å².